The first-order valence-electron chi connectivity index (χ1n) is 6.26. The maximum atomic E-state index is 12.3. The van der Waals surface area contributed by atoms with Gasteiger partial charge in [-0.3, -0.25) is 0 Å². The molecule has 1 aromatic carbocycles. The van der Waals surface area contributed by atoms with E-state index in [0.29, 0.717) is 5.75 Å². The Hall–Kier alpha value is -1.83. The number of furan rings is 1. The molecule has 0 fully saturated rings. The van der Waals surface area contributed by atoms with E-state index >= 15 is 0 Å². The maximum Gasteiger partial charge on any atom is 0.276 e. The van der Waals surface area contributed by atoms with Gasteiger partial charge in [0.2, 0.25) is 5.09 Å². The lowest BCUT2D eigenvalue weighted by Gasteiger charge is -2.15. The quantitative estimate of drug-likeness (QED) is 0.876. The van der Waals surface area contributed by atoms with Crippen molar-refractivity contribution in [2.45, 2.75) is 18.2 Å². The first-order chi connectivity index (χ1) is 9.97. The molecule has 1 heterocycles. The van der Waals surface area contributed by atoms with Gasteiger partial charge in [0.1, 0.15) is 18.1 Å². The number of aliphatic hydroxyl groups excluding tert-OH is 1. The molecule has 0 aliphatic heterocycles. The number of rotatable bonds is 6. The molecule has 0 aliphatic rings. The van der Waals surface area contributed by atoms with Gasteiger partial charge in [-0.1, -0.05) is 12.1 Å². The van der Waals surface area contributed by atoms with Crippen molar-refractivity contribution in [3.8, 4) is 5.75 Å². The third-order valence-corrected chi connectivity index (χ3v) is 4.67. The monoisotopic (exact) mass is 311 g/mol. The summed E-state index contributed by atoms with van der Waals surface area (Å²) < 4.78 is 36.1. The van der Waals surface area contributed by atoms with E-state index in [2.05, 4.69) is 0 Å². The molecule has 7 heteroatoms. The summed E-state index contributed by atoms with van der Waals surface area (Å²) >= 11 is 0. The molecule has 114 valence electrons. The number of hydrogen-bond donors (Lipinski definition) is 1. The van der Waals surface area contributed by atoms with Gasteiger partial charge in [0.05, 0.1) is 7.11 Å². The van der Waals surface area contributed by atoms with Crippen LogP contribution in [0.3, 0.4) is 0 Å². The van der Waals surface area contributed by atoms with E-state index in [0.717, 1.165) is 5.56 Å². The largest absolute Gasteiger partial charge is 0.497 e. The van der Waals surface area contributed by atoms with Gasteiger partial charge in [-0.25, -0.2) is 8.42 Å². The highest BCUT2D eigenvalue weighted by Gasteiger charge is 2.24. The van der Waals surface area contributed by atoms with Crippen LogP contribution in [0.5, 0.6) is 5.75 Å². The zero-order valence-corrected chi connectivity index (χ0v) is 12.6. The highest BCUT2D eigenvalue weighted by molar-refractivity contribution is 7.88. The van der Waals surface area contributed by atoms with Crippen LogP contribution in [0.2, 0.25) is 0 Å². The van der Waals surface area contributed by atoms with Crippen molar-refractivity contribution in [1.29, 1.82) is 0 Å². The molecular formula is C14H17NO5S. The molecule has 1 N–H and O–H groups in total. The van der Waals surface area contributed by atoms with Crippen LogP contribution in [0.25, 0.3) is 0 Å². The molecule has 0 bridgehead atoms. The van der Waals surface area contributed by atoms with Gasteiger partial charge >= 0.3 is 0 Å². The maximum absolute atomic E-state index is 12.3. The van der Waals surface area contributed by atoms with Gasteiger partial charge in [-0.15, -0.1) is 0 Å². The summed E-state index contributed by atoms with van der Waals surface area (Å²) in [5, 5.41) is 8.75. The molecule has 2 rings (SSSR count). The lowest BCUT2D eigenvalue weighted by Crippen LogP contribution is -2.26. The Kier molecular flexibility index (Phi) is 4.66. The molecule has 0 saturated heterocycles. The minimum absolute atomic E-state index is 0.183. The van der Waals surface area contributed by atoms with Crippen molar-refractivity contribution in [1.82, 2.24) is 4.31 Å². The third kappa shape index (κ3) is 3.44. The van der Waals surface area contributed by atoms with Gasteiger partial charge in [0.25, 0.3) is 10.0 Å². The van der Waals surface area contributed by atoms with Gasteiger partial charge in [0, 0.05) is 13.6 Å². The number of nitrogens with zero attached hydrogens (tertiary/aromatic N) is 1. The van der Waals surface area contributed by atoms with Crippen LogP contribution in [0.1, 0.15) is 11.3 Å². The SMILES string of the molecule is COc1cccc(CN(C)S(=O)(=O)c2ccc(CO)o2)c1. The Bertz CT molecular complexity index is 708. The zero-order chi connectivity index (χ0) is 15.5. The number of hydrogen-bond acceptors (Lipinski definition) is 5. The standard InChI is InChI=1S/C14H17NO5S/c1-15(9-11-4-3-5-12(8-11)19-2)21(17,18)14-7-6-13(10-16)20-14/h3-8,16H,9-10H2,1-2H3. The lowest BCUT2D eigenvalue weighted by atomic mass is 10.2. The van der Waals surface area contributed by atoms with Gasteiger partial charge in [-0.2, -0.15) is 4.31 Å². The molecule has 0 unspecified atom stereocenters. The lowest BCUT2D eigenvalue weighted by molar-refractivity contribution is 0.235. The van der Waals surface area contributed by atoms with Gasteiger partial charge in [-0.05, 0) is 29.8 Å². The summed E-state index contributed by atoms with van der Waals surface area (Å²) in [6.07, 6.45) is 0. The predicted octanol–water partition coefficient (Wildman–Crippen LogP) is 1.60. The summed E-state index contributed by atoms with van der Waals surface area (Å²) in [4.78, 5) is 0. The number of benzene rings is 1. The molecule has 0 radical (unpaired) electrons. The van der Waals surface area contributed by atoms with Crippen LogP contribution in [0.4, 0.5) is 0 Å². The molecule has 2 aromatic rings. The average Bonchev–Trinajstić information content (AvgIpc) is 2.97. The second-order valence-corrected chi connectivity index (χ2v) is 6.47. The van der Waals surface area contributed by atoms with Crippen molar-refractivity contribution >= 4 is 10.0 Å². The van der Waals surface area contributed by atoms with Crippen molar-refractivity contribution < 1.29 is 22.7 Å². The minimum atomic E-state index is -3.73. The van der Waals surface area contributed by atoms with E-state index in [4.69, 9.17) is 14.3 Å². The van der Waals surface area contributed by atoms with Crippen LogP contribution >= 0.6 is 0 Å². The van der Waals surface area contributed by atoms with Crippen LogP contribution in [0.15, 0.2) is 45.9 Å². The van der Waals surface area contributed by atoms with E-state index in [9.17, 15) is 8.42 Å². The Morgan fingerprint density at radius 1 is 1.29 bits per heavy atom. The van der Waals surface area contributed by atoms with E-state index in [1.807, 2.05) is 6.07 Å². The highest BCUT2D eigenvalue weighted by Crippen LogP contribution is 2.21. The summed E-state index contributed by atoms with van der Waals surface area (Å²) in [5.41, 5.74) is 0.800. The molecular weight excluding hydrogens is 294 g/mol. The molecule has 1 aromatic heterocycles. The molecule has 0 aliphatic carbocycles. The summed E-state index contributed by atoms with van der Waals surface area (Å²) in [7, 11) is -0.709. The molecule has 0 saturated carbocycles. The third-order valence-electron chi connectivity index (χ3n) is 3.00. The summed E-state index contributed by atoms with van der Waals surface area (Å²) in [6, 6.07) is 9.95. The van der Waals surface area contributed by atoms with Crippen LogP contribution in [-0.2, 0) is 23.2 Å². The minimum Gasteiger partial charge on any atom is -0.497 e. The first-order valence-corrected chi connectivity index (χ1v) is 7.70. The first kappa shape index (κ1) is 15.6. The summed E-state index contributed by atoms with van der Waals surface area (Å²) in [6.45, 7) is -0.149. The smallest absolute Gasteiger partial charge is 0.276 e. The fraction of sp³-hybridized carbons (Fsp3) is 0.286. The van der Waals surface area contributed by atoms with E-state index in [-0.39, 0.29) is 24.0 Å². The van der Waals surface area contributed by atoms with Crippen LogP contribution < -0.4 is 4.74 Å². The molecule has 6 nitrogen and oxygen atoms in total. The predicted molar refractivity (Wildman–Crippen MR) is 76.3 cm³/mol. The molecule has 0 amide bonds. The number of methoxy groups -OCH3 is 1. The van der Waals surface area contributed by atoms with Gasteiger partial charge < -0.3 is 14.3 Å². The normalized spacial score (nSPS) is 11.8. The fourth-order valence-electron chi connectivity index (χ4n) is 1.85. The van der Waals surface area contributed by atoms with E-state index in [1.54, 1.807) is 25.3 Å². The van der Waals surface area contributed by atoms with E-state index in [1.165, 1.54) is 23.5 Å². The van der Waals surface area contributed by atoms with Crippen molar-refractivity contribution in [3.63, 3.8) is 0 Å². The zero-order valence-electron chi connectivity index (χ0n) is 11.8. The fourth-order valence-corrected chi connectivity index (χ4v) is 2.93. The Morgan fingerprint density at radius 2 is 2.05 bits per heavy atom. The number of ether oxygens (including phenoxy) is 1. The van der Waals surface area contributed by atoms with E-state index < -0.39 is 10.0 Å². The molecule has 0 spiro atoms. The van der Waals surface area contributed by atoms with Crippen LogP contribution in [-0.4, -0.2) is 32.0 Å². The van der Waals surface area contributed by atoms with Crippen molar-refractivity contribution in [2.75, 3.05) is 14.2 Å². The number of sulfonamides is 1. The Morgan fingerprint density at radius 3 is 2.67 bits per heavy atom. The summed E-state index contributed by atoms with van der Waals surface area (Å²) in [5.74, 6) is 0.877. The molecule has 0 atom stereocenters. The second kappa shape index (κ2) is 6.30. The number of aliphatic hydroxyl groups is 1. The van der Waals surface area contributed by atoms with Gasteiger partial charge in [0.15, 0.2) is 0 Å². The Labute approximate surface area is 123 Å². The van der Waals surface area contributed by atoms with Crippen molar-refractivity contribution in [3.05, 3.63) is 47.7 Å². The Balaban J connectivity index is 2.19. The van der Waals surface area contributed by atoms with Crippen molar-refractivity contribution in [2.24, 2.45) is 0 Å². The second-order valence-electron chi connectivity index (χ2n) is 4.49. The molecule has 21 heavy (non-hydrogen) atoms. The average molecular weight is 311 g/mol. The highest BCUT2D eigenvalue weighted by atomic mass is 32.2. The van der Waals surface area contributed by atoms with Crippen LogP contribution in [0, 0.1) is 0 Å². The topological polar surface area (TPSA) is 80.0 Å².